The Bertz CT molecular complexity index is 873. The second kappa shape index (κ2) is 6.47. The number of carbonyl (C=O) groups excluding carboxylic acids is 2. The Balaban J connectivity index is 2.10. The summed E-state index contributed by atoms with van der Waals surface area (Å²) in [5.74, 6) is -1.87. The number of halogens is 2. The highest BCUT2D eigenvalue weighted by Crippen LogP contribution is 2.31. The van der Waals surface area contributed by atoms with Crippen LogP contribution < -0.4 is 5.32 Å². The summed E-state index contributed by atoms with van der Waals surface area (Å²) in [6.07, 6.45) is 0. The van der Waals surface area contributed by atoms with E-state index in [9.17, 15) is 18.4 Å². The molecule has 2 amide bonds. The van der Waals surface area contributed by atoms with E-state index >= 15 is 0 Å². The van der Waals surface area contributed by atoms with Crippen molar-refractivity contribution in [3.63, 3.8) is 0 Å². The molecule has 0 aliphatic carbocycles. The van der Waals surface area contributed by atoms with Crippen LogP contribution in [0.5, 0.6) is 0 Å². The van der Waals surface area contributed by atoms with Gasteiger partial charge in [-0.1, -0.05) is 18.2 Å². The molecule has 1 N–H and O–H groups in total. The Morgan fingerprint density at radius 3 is 2.20 bits per heavy atom. The molecule has 0 radical (unpaired) electrons. The molecule has 1 heterocycles. The molecule has 0 saturated carbocycles. The van der Waals surface area contributed by atoms with Crippen LogP contribution in [-0.4, -0.2) is 22.8 Å². The summed E-state index contributed by atoms with van der Waals surface area (Å²) in [6, 6.07) is 10.6. The lowest BCUT2D eigenvalue weighted by atomic mass is 10.0. The molecule has 25 heavy (non-hydrogen) atoms. The molecule has 0 fully saturated rings. The van der Waals surface area contributed by atoms with E-state index in [1.54, 1.807) is 19.9 Å². The summed E-state index contributed by atoms with van der Waals surface area (Å²) in [5, 5.41) is 2.84. The number of nitrogens with zero attached hydrogens (tertiary/aromatic N) is 1. The van der Waals surface area contributed by atoms with Gasteiger partial charge < -0.3 is 5.32 Å². The van der Waals surface area contributed by atoms with E-state index in [0.717, 1.165) is 4.90 Å². The lowest BCUT2D eigenvalue weighted by Gasteiger charge is -2.19. The number of benzene rings is 2. The molecule has 0 unspecified atom stereocenters. The highest BCUT2D eigenvalue weighted by atomic mass is 19.1. The number of imide groups is 1. The number of rotatable bonds is 4. The normalized spacial score (nSPS) is 14.7. The first-order chi connectivity index (χ1) is 11.9. The van der Waals surface area contributed by atoms with Crippen molar-refractivity contribution in [2.24, 2.45) is 0 Å². The molecule has 2 aromatic carbocycles. The third-order valence-corrected chi connectivity index (χ3v) is 3.86. The molecular formula is C19H16F2N2O2. The van der Waals surface area contributed by atoms with E-state index in [0.29, 0.717) is 11.3 Å². The van der Waals surface area contributed by atoms with Crippen LogP contribution in [0.3, 0.4) is 0 Å². The van der Waals surface area contributed by atoms with Crippen LogP contribution in [0, 0.1) is 11.6 Å². The largest absolute Gasteiger partial charge is 0.350 e. The van der Waals surface area contributed by atoms with Crippen LogP contribution in [-0.2, 0) is 9.59 Å². The monoisotopic (exact) mass is 342 g/mol. The summed E-state index contributed by atoms with van der Waals surface area (Å²) in [6.45, 7) is 3.45. The van der Waals surface area contributed by atoms with Crippen molar-refractivity contribution < 1.29 is 18.4 Å². The molecule has 4 nitrogen and oxygen atoms in total. The summed E-state index contributed by atoms with van der Waals surface area (Å²) >= 11 is 0. The van der Waals surface area contributed by atoms with Gasteiger partial charge in [0.05, 0.1) is 5.57 Å². The van der Waals surface area contributed by atoms with Gasteiger partial charge in [0.15, 0.2) is 0 Å². The maximum Gasteiger partial charge on any atom is 0.278 e. The second-order valence-corrected chi connectivity index (χ2v) is 5.97. The van der Waals surface area contributed by atoms with Gasteiger partial charge in [0.1, 0.15) is 17.3 Å². The minimum atomic E-state index is -0.497. The van der Waals surface area contributed by atoms with E-state index in [-0.39, 0.29) is 17.3 Å². The molecule has 0 aromatic heterocycles. The first-order valence-electron chi connectivity index (χ1n) is 7.79. The first kappa shape index (κ1) is 16.8. The Morgan fingerprint density at radius 1 is 0.920 bits per heavy atom. The average molecular weight is 342 g/mol. The Kier molecular flexibility index (Phi) is 4.35. The SMILES string of the molecule is CC(C)N1C(=O)C(Nc2cccc(F)c2)=C(c2ccc(F)cc2)C1=O. The standard InChI is InChI=1S/C19H16F2N2O2/c1-11(2)23-18(24)16(12-6-8-13(20)9-7-12)17(19(23)25)22-15-5-3-4-14(21)10-15/h3-11,22H,1-2H3. The van der Waals surface area contributed by atoms with Gasteiger partial charge in [-0.25, -0.2) is 8.78 Å². The van der Waals surface area contributed by atoms with Gasteiger partial charge in [-0.2, -0.15) is 0 Å². The van der Waals surface area contributed by atoms with Gasteiger partial charge in [0.2, 0.25) is 0 Å². The quantitative estimate of drug-likeness (QED) is 0.864. The zero-order chi connectivity index (χ0) is 18.1. The number of carbonyl (C=O) groups is 2. The van der Waals surface area contributed by atoms with Crippen molar-refractivity contribution in [2.45, 2.75) is 19.9 Å². The van der Waals surface area contributed by atoms with Crippen molar-refractivity contribution in [1.82, 2.24) is 4.90 Å². The first-order valence-corrected chi connectivity index (χ1v) is 7.79. The summed E-state index contributed by atoms with van der Waals surface area (Å²) < 4.78 is 26.6. The van der Waals surface area contributed by atoms with Gasteiger partial charge in [0.25, 0.3) is 11.8 Å². The predicted molar refractivity (Wildman–Crippen MR) is 90.3 cm³/mol. The third kappa shape index (κ3) is 3.15. The topological polar surface area (TPSA) is 49.4 Å². The van der Waals surface area contributed by atoms with Gasteiger partial charge in [-0.05, 0) is 49.7 Å². The fourth-order valence-electron chi connectivity index (χ4n) is 2.73. The highest BCUT2D eigenvalue weighted by molar-refractivity contribution is 6.36. The van der Waals surface area contributed by atoms with Crippen LogP contribution in [0.15, 0.2) is 54.2 Å². The van der Waals surface area contributed by atoms with Crippen molar-refractivity contribution in [1.29, 1.82) is 0 Å². The van der Waals surface area contributed by atoms with Gasteiger partial charge in [0, 0.05) is 11.7 Å². The van der Waals surface area contributed by atoms with Crippen molar-refractivity contribution in [3.8, 4) is 0 Å². The van der Waals surface area contributed by atoms with E-state index in [1.807, 2.05) is 0 Å². The molecule has 0 bridgehead atoms. The lowest BCUT2D eigenvalue weighted by molar-refractivity contribution is -0.138. The Hall–Kier alpha value is -3.02. The molecule has 128 valence electrons. The van der Waals surface area contributed by atoms with Crippen LogP contribution >= 0.6 is 0 Å². The third-order valence-electron chi connectivity index (χ3n) is 3.86. The van der Waals surface area contributed by atoms with Gasteiger partial charge in [-0.3, -0.25) is 14.5 Å². The molecule has 6 heteroatoms. The number of hydrogen-bond donors (Lipinski definition) is 1. The van der Waals surface area contributed by atoms with Gasteiger partial charge >= 0.3 is 0 Å². The number of nitrogens with one attached hydrogen (secondary N) is 1. The zero-order valence-corrected chi connectivity index (χ0v) is 13.7. The minimum Gasteiger partial charge on any atom is -0.350 e. The molecule has 1 aliphatic heterocycles. The van der Waals surface area contributed by atoms with Crippen LogP contribution in [0.1, 0.15) is 19.4 Å². The Morgan fingerprint density at radius 2 is 1.60 bits per heavy atom. The minimum absolute atomic E-state index is 0.0518. The number of hydrogen-bond acceptors (Lipinski definition) is 3. The van der Waals surface area contributed by atoms with E-state index in [4.69, 9.17) is 0 Å². The maximum absolute atomic E-state index is 13.4. The second-order valence-electron chi connectivity index (χ2n) is 5.97. The summed E-state index contributed by atoms with van der Waals surface area (Å²) in [7, 11) is 0. The highest BCUT2D eigenvalue weighted by Gasteiger charge is 2.40. The van der Waals surface area contributed by atoms with Gasteiger partial charge in [-0.15, -0.1) is 0 Å². The lowest BCUT2D eigenvalue weighted by Crippen LogP contribution is -2.38. The molecule has 2 aromatic rings. The van der Waals surface area contributed by atoms with Crippen LogP contribution in [0.4, 0.5) is 14.5 Å². The fourth-order valence-corrected chi connectivity index (χ4v) is 2.73. The molecule has 0 spiro atoms. The van der Waals surface area contributed by atoms with Crippen molar-refractivity contribution in [2.75, 3.05) is 5.32 Å². The Labute approximate surface area is 143 Å². The van der Waals surface area contributed by atoms with Crippen LogP contribution in [0.25, 0.3) is 5.57 Å². The van der Waals surface area contributed by atoms with Crippen molar-refractivity contribution in [3.05, 3.63) is 71.4 Å². The van der Waals surface area contributed by atoms with Crippen LogP contribution in [0.2, 0.25) is 0 Å². The predicted octanol–water partition coefficient (Wildman–Crippen LogP) is 3.57. The van der Waals surface area contributed by atoms with Crippen molar-refractivity contribution >= 4 is 23.1 Å². The fraction of sp³-hybridized carbons (Fsp3) is 0.158. The number of anilines is 1. The molecular weight excluding hydrogens is 326 g/mol. The van der Waals surface area contributed by atoms with E-state index in [2.05, 4.69) is 5.32 Å². The zero-order valence-electron chi connectivity index (χ0n) is 13.7. The maximum atomic E-state index is 13.4. The molecule has 1 aliphatic rings. The molecule has 0 atom stereocenters. The smallest absolute Gasteiger partial charge is 0.278 e. The van der Waals surface area contributed by atoms with E-state index in [1.165, 1.54) is 42.5 Å². The average Bonchev–Trinajstić information content (AvgIpc) is 2.79. The number of amides is 2. The summed E-state index contributed by atoms with van der Waals surface area (Å²) in [4.78, 5) is 26.6. The molecule has 0 saturated heterocycles. The molecule has 3 rings (SSSR count). The summed E-state index contributed by atoms with van der Waals surface area (Å²) in [5.41, 5.74) is 0.960. The van der Waals surface area contributed by atoms with E-state index < -0.39 is 23.4 Å².